The summed E-state index contributed by atoms with van der Waals surface area (Å²) in [7, 11) is 0. The van der Waals surface area contributed by atoms with Crippen molar-refractivity contribution < 1.29 is 4.79 Å². The van der Waals surface area contributed by atoms with Gasteiger partial charge in [-0.3, -0.25) is 19.7 Å². The number of amides is 1. The summed E-state index contributed by atoms with van der Waals surface area (Å²) in [5.41, 5.74) is 5.81. The lowest BCUT2D eigenvalue weighted by atomic mass is 9.82. The summed E-state index contributed by atoms with van der Waals surface area (Å²) in [6, 6.07) is 8.26. The van der Waals surface area contributed by atoms with Gasteiger partial charge in [-0.2, -0.15) is 15.3 Å². The number of nitrogens with zero attached hydrogens (tertiary/aromatic N) is 5. The zero-order chi connectivity index (χ0) is 25.7. The summed E-state index contributed by atoms with van der Waals surface area (Å²) in [5, 5.41) is 22.6. The number of nitrogens with one attached hydrogen (secondary N) is 3. The molecule has 1 atom stereocenters. The van der Waals surface area contributed by atoms with Crippen molar-refractivity contribution in [2.24, 2.45) is 17.8 Å². The minimum atomic E-state index is -0.362. The van der Waals surface area contributed by atoms with Crippen LogP contribution in [0.2, 0.25) is 0 Å². The summed E-state index contributed by atoms with van der Waals surface area (Å²) in [6.07, 6.45) is 8.48. The first kappa shape index (κ1) is 23.6. The molecule has 2 fully saturated rings. The first-order valence-electron chi connectivity index (χ1n) is 13.3. The van der Waals surface area contributed by atoms with Gasteiger partial charge in [0.1, 0.15) is 11.7 Å². The number of anilines is 1. The van der Waals surface area contributed by atoms with Gasteiger partial charge in [-0.1, -0.05) is 12.1 Å². The van der Waals surface area contributed by atoms with Gasteiger partial charge in [-0.15, -0.1) is 0 Å². The summed E-state index contributed by atoms with van der Waals surface area (Å²) in [4.78, 5) is 18.7. The molecule has 37 heavy (non-hydrogen) atoms. The average molecular weight is 499 g/mol. The maximum absolute atomic E-state index is 13.8. The predicted octanol–water partition coefficient (Wildman–Crippen LogP) is 5.41. The SMILES string of the molecule is Cc1n[nH]c(C)c1-c1ccc(NC(=O)C(c2nc(-c3cnn(C(C)C)c3)n[nH]2)C(C2CC2)C2CC2)cc1. The van der Waals surface area contributed by atoms with Crippen molar-refractivity contribution in [3.63, 3.8) is 0 Å². The van der Waals surface area contributed by atoms with Crippen molar-refractivity contribution >= 4 is 11.6 Å². The Bertz CT molecular complexity index is 1370. The minimum absolute atomic E-state index is 0.0206. The van der Waals surface area contributed by atoms with Gasteiger partial charge in [0.25, 0.3) is 0 Å². The van der Waals surface area contributed by atoms with E-state index in [4.69, 9.17) is 4.98 Å². The molecule has 2 saturated carbocycles. The van der Waals surface area contributed by atoms with Crippen molar-refractivity contribution in [1.29, 1.82) is 0 Å². The van der Waals surface area contributed by atoms with Gasteiger partial charge >= 0.3 is 0 Å². The van der Waals surface area contributed by atoms with Crippen LogP contribution < -0.4 is 5.32 Å². The molecule has 2 aliphatic carbocycles. The molecule has 0 saturated heterocycles. The molecule has 4 aromatic rings. The molecule has 1 aromatic carbocycles. The lowest BCUT2D eigenvalue weighted by Crippen LogP contribution is -2.31. The first-order valence-corrected chi connectivity index (χ1v) is 13.3. The molecule has 0 radical (unpaired) electrons. The zero-order valence-electron chi connectivity index (χ0n) is 21.8. The molecule has 1 amide bonds. The molecule has 1 unspecified atom stereocenters. The third kappa shape index (κ3) is 4.70. The number of rotatable bonds is 9. The molecule has 192 valence electrons. The molecule has 0 aliphatic heterocycles. The van der Waals surface area contributed by atoms with Crippen LogP contribution in [0.4, 0.5) is 5.69 Å². The number of carbonyl (C=O) groups excluding carboxylic acids is 1. The van der Waals surface area contributed by atoms with Crippen LogP contribution in [0.25, 0.3) is 22.5 Å². The lowest BCUT2D eigenvalue weighted by molar-refractivity contribution is -0.119. The Hall–Kier alpha value is -3.75. The van der Waals surface area contributed by atoms with E-state index in [0.29, 0.717) is 23.5 Å². The maximum Gasteiger partial charge on any atom is 0.235 e. The summed E-state index contributed by atoms with van der Waals surface area (Å²) in [6.45, 7) is 8.18. The Morgan fingerprint density at radius 2 is 1.70 bits per heavy atom. The highest BCUT2D eigenvalue weighted by molar-refractivity contribution is 5.96. The van der Waals surface area contributed by atoms with E-state index in [-0.39, 0.29) is 23.8 Å². The van der Waals surface area contributed by atoms with Crippen LogP contribution >= 0.6 is 0 Å². The van der Waals surface area contributed by atoms with Crippen LogP contribution in [0.15, 0.2) is 36.7 Å². The number of carbonyl (C=O) groups is 1. The van der Waals surface area contributed by atoms with Gasteiger partial charge in [0.15, 0.2) is 5.82 Å². The number of benzene rings is 1. The molecule has 0 spiro atoms. The molecule has 3 N–H and O–H groups in total. The van der Waals surface area contributed by atoms with Crippen molar-refractivity contribution in [3.05, 3.63) is 53.9 Å². The fourth-order valence-corrected chi connectivity index (χ4v) is 5.57. The van der Waals surface area contributed by atoms with E-state index in [1.165, 1.54) is 25.7 Å². The highest BCUT2D eigenvalue weighted by atomic mass is 16.2. The van der Waals surface area contributed by atoms with Crippen molar-refractivity contribution in [2.75, 3.05) is 5.32 Å². The van der Waals surface area contributed by atoms with Crippen LogP contribution in [-0.4, -0.2) is 41.1 Å². The van der Waals surface area contributed by atoms with E-state index in [9.17, 15) is 4.79 Å². The second-order valence-electron chi connectivity index (χ2n) is 11.0. The molecule has 3 heterocycles. The van der Waals surface area contributed by atoms with Gasteiger partial charge < -0.3 is 5.32 Å². The second kappa shape index (κ2) is 9.28. The monoisotopic (exact) mass is 498 g/mol. The highest BCUT2D eigenvalue weighted by Gasteiger charge is 2.49. The van der Waals surface area contributed by atoms with Crippen molar-refractivity contribution in [2.45, 2.75) is 65.3 Å². The van der Waals surface area contributed by atoms with Gasteiger partial charge in [0.05, 0.1) is 17.5 Å². The van der Waals surface area contributed by atoms with Crippen LogP contribution in [0.5, 0.6) is 0 Å². The normalized spacial score (nSPS) is 16.5. The fraction of sp³-hybridized carbons (Fsp3) is 0.464. The molecule has 9 nitrogen and oxygen atoms in total. The zero-order valence-corrected chi connectivity index (χ0v) is 21.8. The Morgan fingerprint density at radius 1 is 1.00 bits per heavy atom. The molecular weight excluding hydrogens is 464 g/mol. The molecular formula is C28H34N8O. The molecule has 2 aliphatic rings. The Kier molecular flexibility index (Phi) is 5.93. The fourth-order valence-electron chi connectivity index (χ4n) is 5.57. The van der Waals surface area contributed by atoms with E-state index in [2.05, 4.69) is 44.7 Å². The van der Waals surface area contributed by atoms with E-state index in [1.807, 2.05) is 49.0 Å². The van der Waals surface area contributed by atoms with E-state index >= 15 is 0 Å². The maximum atomic E-state index is 13.8. The summed E-state index contributed by atoms with van der Waals surface area (Å²) < 4.78 is 1.89. The predicted molar refractivity (Wildman–Crippen MR) is 142 cm³/mol. The van der Waals surface area contributed by atoms with Crippen LogP contribution in [0.1, 0.15) is 68.7 Å². The van der Waals surface area contributed by atoms with Crippen molar-refractivity contribution in [1.82, 2.24) is 35.2 Å². The second-order valence-corrected chi connectivity index (χ2v) is 11.0. The lowest BCUT2D eigenvalue weighted by Gasteiger charge is -2.24. The third-order valence-corrected chi connectivity index (χ3v) is 7.76. The Morgan fingerprint density at radius 3 is 2.27 bits per heavy atom. The smallest absolute Gasteiger partial charge is 0.235 e. The summed E-state index contributed by atoms with van der Waals surface area (Å²) in [5.74, 6) is 2.29. The highest BCUT2D eigenvalue weighted by Crippen LogP contribution is 2.54. The number of aromatic nitrogens is 7. The standard InChI is InChI=1S/C28H34N8O/c1-15(2)36-14-21(13-29-36)26-31-27(35-34-26)25(24(19-5-6-19)20-7-8-20)28(37)30-22-11-9-18(10-12-22)23-16(3)32-33-17(23)4/h9-15,19-20,24-25H,5-8H2,1-4H3,(H,30,37)(H,32,33)(H,31,34,35). The topological polar surface area (TPSA) is 117 Å². The average Bonchev–Trinajstić information content (AvgIpc) is 3.76. The van der Waals surface area contributed by atoms with Gasteiger partial charge in [0.2, 0.25) is 5.91 Å². The minimum Gasteiger partial charge on any atom is -0.325 e. The van der Waals surface area contributed by atoms with E-state index < -0.39 is 0 Å². The van der Waals surface area contributed by atoms with Crippen LogP contribution in [0.3, 0.4) is 0 Å². The summed E-state index contributed by atoms with van der Waals surface area (Å²) >= 11 is 0. The van der Waals surface area contributed by atoms with Gasteiger partial charge in [0, 0.05) is 29.2 Å². The quantitative estimate of drug-likeness (QED) is 0.285. The first-order chi connectivity index (χ1) is 17.9. The third-order valence-electron chi connectivity index (χ3n) is 7.76. The molecule has 3 aromatic heterocycles. The number of hydrogen-bond acceptors (Lipinski definition) is 5. The number of hydrogen-bond donors (Lipinski definition) is 3. The number of aromatic amines is 2. The largest absolute Gasteiger partial charge is 0.325 e. The number of aryl methyl sites for hydroxylation is 2. The molecule has 0 bridgehead atoms. The van der Waals surface area contributed by atoms with Crippen molar-refractivity contribution in [3.8, 4) is 22.5 Å². The Balaban J connectivity index is 1.27. The Labute approximate surface area is 216 Å². The van der Waals surface area contributed by atoms with Gasteiger partial charge in [-0.05, 0) is 88.8 Å². The van der Waals surface area contributed by atoms with Crippen LogP contribution in [0, 0.1) is 31.6 Å². The van der Waals surface area contributed by atoms with Crippen LogP contribution in [-0.2, 0) is 4.79 Å². The molecule has 9 heteroatoms. The number of H-pyrrole nitrogens is 2. The van der Waals surface area contributed by atoms with Gasteiger partial charge in [-0.25, -0.2) is 4.98 Å². The van der Waals surface area contributed by atoms with E-state index in [0.717, 1.165) is 33.8 Å². The molecule has 6 rings (SSSR count). The van der Waals surface area contributed by atoms with E-state index in [1.54, 1.807) is 6.20 Å².